The summed E-state index contributed by atoms with van der Waals surface area (Å²) in [6, 6.07) is 9.60. The average Bonchev–Trinajstić information content (AvgIpc) is 2.97. The van der Waals surface area contributed by atoms with Gasteiger partial charge in [-0.25, -0.2) is 0 Å². The lowest BCUT2D eigenvalue weighted by molar-refractivity contribution is 0.206. The molecule has 31 heavy (non-hydrogen) atoms. The van der Waals surface area contributed by atoms with Crippen molar-refractivity contribution in [2.45, 2.75) is 51.7 Å². The number of nitrogens with one attached hydrogen (secondary N) is 2. The number of piperidine rings is 1. The number of nitrogens with zero attached hydrogens (tertiary/aromatic N) is 4. The van der Waals surface area contributed by atoms with Crippen LogP contribution in [0, 0.1) is 0 Å². The van der Waals surface area contributed by atoms with Gasteiger partial charge in [-0.3, -0.25) is 9.89 Å². The Morgan fingerprint density at radius 3 is 2.35 bits per heavy atom. The van der Waals surface area contributed by atoms with Crippen LogP contribution >= 0.6 is 24.0 Å². The Morgan fingerprint density at radius 1 is 0.968 bits per heavy atom. The van der Waals surface area contributed by atoms with Gasteiger partial charge in [0.1, 0.15) is 0 Å². The van der Waals surface area contributed by atoms with E-state index < -0.39 is 0 Å². The highest BCUT2D eigenvalue weighted by Gasteiger charge is 2.19. The minimum absolute atomic E-state index is 0. The van der Waals surface area contributed by atoms with Crippen LogP contribution < -0.4 is 10.6 Å². The van der Waals surface area contributed by atoms with Gasteiger partial charge in [-0.1, -0.05) is 31.2 Å². The molecule has 0 unspecified atom stereocenters. The van der Waals surface area contributed by atoms with Crippen LogP contribution in [0.25, 0.3) is 0 Å². The fraction of sp³-hybridized carbons (Fsp3) is 0.708. The number of hydrogen-bond donors (Lipinski definition) is 2. The summed E-state index contributed by atoms with van der Waals surface area (Å²) in [5.74, 6) is 0.918. The van der Waals surface area contributed by atoms with Crippen LogP contribution in [-0.2, 0) is 13.1 Å². The van der Waals surface area contributed by atoms with E-state index in [0.717, 1.165) is 19.0 Å². The topological polar surface area (TPSA) is 46.1 Å². The van der Waals surface area contributed by atoms with E-state index in [2.05, 4.69) is 68.6 Å². The molecular weight excluding hydrogens is 499 g/mol. The summed E-state index contributed by atoms with van der Waals surface area (Å²) in [7, 11) is 4.09. The van der Waals surface area contributed by atoms with Crippen molar-refractivity contribution < 1.29 is 0 Å². The van der Waals surface area contributed by atoms with Crippen molar-refractivity contribution >= 4 is 29.9 Å². The Morgan fingerprint density at radius 2 is 1.68 bits per heavy atom. The first-order valence-electron chi connectivity index (χ1n) is 11.8. The highest BCUT2D eigenvalue weighted by molar-refractivity contribution is 14.0. The van der Waals surface area contributed by atoms with E-state index in [-0.39, 0.29) is 24.0 Å². The number of guanidine groups is 1. The molecule has 0 atom stereocenters. The maximum Gasteiger partial charge on any atom is 0.191 e. The fourth-order valence-corrected chi connectivity index (χ4v) is 4.47. The Labute approximate surface area is 206 Å². The minimum atomic E-state index is 0. The average molecular weight is 543 g/mol. The van der Waals surface area contributed by atoms with Crippen LogP contribution in [0.3, 0.4) is 0 Å². The van der Waals surface area contributed by atoms with Gasteiger partial charge in [-0.05, 0) is 63.5 Å². The van der Waals surface area contributed by atoms with Crippen LogP contribution in [0.1, 0.15) is 43.7 Å². The number of rotatable bonds is 7. The smallest absolute Gasteiger partial charge is 0.191 e. The molecule has 0 spiro atoms. The van der Waals surface area contributed by atoms with Gasteiger partial charge in [0, 0.05) is 52.4 Å². The third kappa shape index (κ3) is 9.24. The van der Waals surface area contributed by atoms with Crippen molar-refractivity contribution in [1.82, 2.24) is 25.3 Å². The largest absolute Gasteiger partial charge is 0.354 e. The van der Waals surface area contributed by atoms with Crippen LogP contribution in [0.15, 0.2) is 29.3 Å². The van der Waals surface area contributed by atoms with E-state index in [1.54, 1.807) is 0 Å². The van der Waals surface area contributed by atoms with Crippen molar-refractivity contribution in [2.75, 3.05) is 59.9 Å². The first-order valence-corrected chi connectivity index (χ1v) is 11.8. The molecule has 0 saturated carbocycles. The quantitative estimate of drug-likeness (QED) is 0.315. The van der Waals surface area contributed by atoms with Crippen molar-refractivity contribution in [3.63, 3.8) is 0 Å². The first-order chi connectivity index (χ1) is 14.7. The summed E-state index contributed by atoms with van der Waals surface area (Å²) >= 11 is 0. The molecule has 2 heterocycles. The van der Waals surface area contributed by atoms with Crippen molar-refractivity contribution in [2.24, 2.45) is 4.99 Å². The number of likely N-dealkylation sites (tertiary alicyclic amines) is 1. The summed E-state index contributed by atoms with van der Waals surface area (Å²) in [6.45, 7) is 12.5. The summed E-state index contributed by atoms with van der Waals surface area (Å²) < 4.78 is 0. The first kappa shape index (κ1) is 26.4. The molecule has 1 aromatic carbocycles. The third-order valence-electron chi connectivity index (χ3n) is 6.39. The van der Waals surface area contributed by atoms with Gasteiger partial charge in [-0.2, -0.15) is 0 Å². The number of likely N-dealkylation sites (N-methyl/N-ethyl adjacent to an activating group) is 1. The van der Waals surface area contributed by atoms with Crippen LogP contribution in [0.2, 0.25) is 0 Å². The lowest BCUT2D eigenvalue weighted by Crippen LogP contribution is -2.48. The van der Waals surface area contributed by atoms with Crippen molar-refractivity contribution in [1.29, 1.82) is 0 Å². The molecule has 2 fully saturated rings. The summed E-state index contributed by atoms with van der Waals surface area (Å²) in [6.07, 6.45) is 4.90. The number of hydrogen-bond acceptors (Lipinski definition) is 4. The maximum absolute atomic E-state index is 4.43. The number of halogens is 1. The van der Waals surface area contributed by atoms with Crippen molar-refractivity contribution in [3.05, 3.63) is 35.4 Å². The Kier molecular flexibility index (Phi) is 12.1. The predicted molar refractivity (Wildman–Crippen MR) is 142 cm³/mol. The normalized spacial score (nSPS) is 20.2. The molecule has 2 saturated heterocycles. The molecule has 1 aromatic rings. The summed E-state index contributed by atoms with van der Waals surface area (Å²) in [4.78, 5) is 12.0. The van der Waals surface area contributed by atoms with E-state index in [0.29, 0.717) is 6.04 Å². The van der Waals surface area contributed by atoms with Gasteiger partial charge in [0.2, 0.25) is 0 Å². The Hall–Kier alpha value is -0.900. The molecular formula is C24H43IN6. The zero-order valence-electron chi connectivity index (χ0n) is 19.8. The van der Waals surface area contributed by atoms with Gasteiger partial charge in [-0.15, -0.1) is 24.0 Å². The lowest BCUT2D eigenvalue weighted by atomic mass is 10.1. The maximum atomic E-state index is 4.43. The predicted octanol–water partition coefficient (Wildman–Crippen LogP) is 2.98. The van der Waals surface area contributed by atoms with Gasteiger partial charge >= 0.3 is 0 Å². The molecule has 0 bridgehead atoms. The Balaban J connectivity index is 0.00000341. The molecule has 0 aromatic heterocycles. The standard InChI is InChI=1S/C24H42N6.HI/c1-4-12-29-15-10-23(11-16-29)27-24(25-2)26-19-21-6-8-22(9-7-21)20-30-14-5-13-28(3)17-18-30;/h6-9,23H,4-5,10-20H2,1-3H3,(H2,25,26,27);1H. The minimum Gasteiger partial charge on any atom is -0.354 e. The van der Waals surface area contributed by atoms with Crippen LogP contribution in [0.4, 0.5) is 0 Å². The number of benzene rings is 1. The highest BCUT2D eigenvalue weighted by Crippen LogP contribution is 2.12. The molecule has 0 radical (unpaired) electrons. The van der Waals surface area contributed by atoms with Crippen molar-refractivity contribution in [3.8, 4) is 0 Å². The second kappa shape index (κ2) is 14.3. The van der Waals surface area contributed by atoms with E-state index in [1.807, 2.05) is 7.05 Å². The second-order valence-corrected chi connectivity index (χ2v) is 8.94. The fourth-order valence-electron chi connectivity index (χ4n) is 4.47. The SMILES string of the molecule is CCCN1CCC(NC(=NC)NCc2ccc(CN3CCCN(C)CC3)cc2)CC1.I. The monoisotopic (exact) mass is 542 g/mol. The van der Waals surface area contributed by atoms with Gasteiger partial charge in [0.25, 0.3) is 0 Å². The zero-order chi connectivity index (χ0) is 21.2. The Bertz CT molecular complexity index is 642. The lowest BCUT2D eigenvalue weighted by Gasteiger charge is -2.32. The summed E-state index contributed by atoms with van der Waals surface area (Å²) in [5.41, 5.74) is 2.71. The van der Waals surface area contributed by atoms with E-state index in [1.165, 1.54) is 82.6 Å². The van der Waals surface area contributed by atoms with Crippen LogP contribution in [0.5, 0.6) is 0 Å². The van der Waals surface area contributed by atoms with Gasteiger partial charge in [0.05, 0.1) is 0 Å². The molecule has 2 N–H and O–H groups in total. The molecule has 0 aliphatic carbocycles. The molecule has 6 nitrogen and oxygen atoms in total. The molecule has 7 heteroatoms. The highest BCUT2D eigenvalue weighted by atomic mass is 127. The van der Waals surface area contributed by atoms with Gasteiger partial charge < -0.3 is 20.4 Å². The zero-order valence-corrected chi connectivity index (χ0v) is 22.1. The second-order valence-electron chi connectivity index (χ2n) is 8.94. The number of aliphatic imine (C=N–C) groups is 1. The van der Waals surface area contributed by atoms with E-state index in [4.69, 9.17) is 0 Å². The molecule has 3 rings (SSSR count). The molecule has 2 aliphatic rings. The summed E-state index contributed by atoms with van der Waals surface area (Å²) in [5, 5.41) is 7.11. The molecule has 176 valence electrons. The molecule has 2 aliphatic heterocycles. The third-order valence-corrected chi connectivity index (χ3v) is 6.39. The molecule has 0 amide bonds. The van der Waals surface area contributed by atoms with E-state index >= 15 is 0 Å². The van der Waals surface area contributed by atoms with Crippen LogP contribution in [-0.4, -0.2) is 86.6 Å². The van der Waals surface area contributed by atoms with E-state index in [9.17, 15) is 0 Å². The van der Waals surface area contributed by atoms with Gasteiger partial charge in [0.15, 0.2) is 5.96 Å².